The zero-order valence-electron chi connectivity index (χ0n) is 19.3. The largest absolute Gasteiger partial charge is 0.371 e. The fourth-order valence-electron chi connectivity index (χ4n) is 3.80. The summed E-state index contributed by atoms with van der Waals surface area (Å²) in [4.78, 5) is 28.2. The second-order valence-electron chi connectivity index (χ2n) is 7.89. The number of anilines is 1. The van der Waals surface area contributed by atoms with E-state index in [1.807, 2.05) is 39.0 Å². The first-order valence-electron chi connectivity index (χ1n) is 11.1. The number of thiocarbonyl (C=S) groups is 1. The van der Waals surface area contributed by atoms with Gasteiger partial charge in [0.1, 0.15) is 21.8 Å². The summed E-state index contributed by atoms with van der Waals surface area (Å²) in [6, 6.07) is 12.1. The van der Waals surface area contributed by atoms with Crippen molar-refractivity contribution < 1.29 is 4.79 Å². The van der Waals surface area contributed by atoms with Gasteiger partial charge < -0.3 is 5.32 Å². The van der Waals surface area contributed by atoms with Crippen molar-refractivity contribution in [2.24, 2.45) is 0 Å². The highest BCUT2D eigenvalue weighted by Gasteiger charge is 2.35. The molecule has 0 aliphatic carbocycles. The number of carbonyl (C=O) groups is 1. The Morgan fingerprint density at radius 2 is 1.94 bits per heavy atom. The van der Waals surface area contributed by atoms with Gasteiger partial charge in [-0.1, -0.05) is 61.2 Å². The zero-order chi connectivity index (χ0) is 24.1. The van der Waals surface area contributed by atoms with Gasteiger partial charge in [0.25, 0.3) is 11.5 Å². The first-order chi connectivity index (χ1) is 15.8. The number of nitrogens with one attached hydrogen (secondary N) is 1. The van der Waals surface area contributed by atoms with E-state index >= 15 is 0 Å². The van der Waals surface area contributed by atoms with E-state index in [4.69, 9.17) is 12.2 Å². The SMILES string of the molecule is CCC(C)N1C(=O)/C(=C\c2c(C)c(C#N)c(=O)n(CC)c2NCCc2ccccc2)SC1=S. The maximum atomic E-state index is 13.1. The number of nitrogens with zero attached hydrogens (tertiary/aromatic N) is 3. The predicted octanol–water partition coefficient (Wildman–Crippen LogP) is 4.70. The lowest BCUT2D eigenvalue weighted by Crippen LogP contribution is -2.36. The molecule has 0 bridgehead atoms. The van der Waals surface area contributed by atoms with E-state index in [0.717, 1.165) is 12.8 Å². The summed E-state index contributed by atoms with van der Waals surface area (Å²) in [6.07, 6.45) is 3.34. The van der Waals surface area contributed by atoms with E-state index in [9.17, 15) is 14.9 Å². The molecule has 1 fully saturated rings. The monoisotopic (exact) mass is 480 g/mol. The number of rotatable bonds is 8. The molecule has 1 aliphatic heterocycles. The van der Waals surface area contributed by atoms with Crippen molar-refractivity contribution in [1.29, 1.82) is 5.26 Å². The minimum absolute atomic E-state index is 0.00669. The molecule has 1 aromatic carbocycles. The maximum Gasteiger partial charge on any atom is 0.270 e. The highest BCUT2D eigenvalue weighted by Crippen LogP contribution is 2.36. The summed E-state index contributed by atoms with van der Waals surface area (Å²) in [5.41, 5.74) is 2.17. The van der Waals surface area contributed by atoms with E-state index in [2.05, 4.69) is 23.5 Å². The number of hydrogen-bond acceptors (Lipinski definition) is 6. The summed E-state index contributed by atoms with van der Waals surface area (Å²) < 4.78 is 2.10. The van der Waals surface area contributed by atoms with Crippen molar-refractivity contribution in [3.05, 3.63) is 67.8 Å². The van der Waals surface area contributed by atoms with Gasteiger partial charge in [-0.3, -0.25) is 19.1 Å². The van der Waals surface area contributed by atoms with Crippen molar-refractivity contribution in [1.82, 2.24) is 9.47 Å². The second kappa shape index (κ2) is 10.8. The Bertz CT molecular complexity index is 1200. The maximum absolute atomic E-state index is 13.1. The number of benzene rings is 1. The molecule has 2 heterocycles. The standard InChI is InChI=1S/C25H28N4O2S2/c1-5-16(3)29-24(31)21(33-25(29)32)14-19-17(4)20(15-26)23(30)28(6-2)22(19)27-13-12-18-10-8-7-9-11-18/h7-11,14,16,27H,5-6,12-13H2,1-4H3/b21-14+. The Balaban J connectivity index is 2.06. The number of hydrogen-bond donors (Lipinski definition) is 1. The average molecular weight is 481 g/mol. The van der Waals surface area contributed by atoms with Crippen LogP contribution in [0.4, 0.5) is 5.82 Å². The third kappa shape index (κ3) is 5.05. The molecule has 8 heteroatoms. The predicted molar refractivity (Wildman–Crippen MR) is 139 cm³/mol. The molecule has 0 radical (unpaired) electrons. The Labute approximate surface area is 204 Å². The number of pyridine rings is 1. The highest BCUT2D eigenvalue weighted by atomic mass is 32.2. The van der Waals surface area contributed by atoms with Crippen LogP contribution in [-0.4, -0.2) is 32.3 Å². The average Bonchev–Trinajstić information content (AvgIpc) is 3.09. The second-order valence-corrected chi connectivity index (χ2v) is 9.57. The van der Waals surface area contributed by atoms with Gasteiger partial charge in [-0.25, -0.2) is 0 Å². The molecule has 2 aromatic rings. The number of amides is 1. The normalized spacial score (nSPS) is 15.7. The van der Waals surface area contributed by atoms with E-state index in [-0.39, 0.29) is 23.1 Å². The lowest BCUT2D eigenvalue weighted by atomic mass is 10.0. The van der Waals surface area contributed by atoms with Gasteiger partial charge in [-0.05, 0) is 50.8 Å². The van der Waals surface area contributed by atoms with Crippen LogP contribution in [0.1, 0.15) is 49.4 Å². The number of carbonyl (C=O) groups excluding carboxylic acids is 1. The van der Waals surface area contributed by atoms with E-state index in [1.54, 1.807) is 22.5 Å². The Morgan fingerprint density at radius 3 is 2.55 bits per heavy atom. The summed E-state index contributed by atoms with van der Waals surface area (Å²) >= 11 is 6.73. The summed E-state index contributed by atoms with van der Waals surface area (Å²) in [6.45, 7) is 8.61. The molecular weight excluding hydrogens is 452 g/mol. The van der Waals surface area contributed by atoms with Gasteiger partial charge >= 0.3 is 0 Å². The van der Waals surface area contributed by atoms with Gasteiger partial charge in [0, 0.05) is 24.7 Å². The highest BCUT2D eigenvalue weighted by molar-refractivity contribution is 8.26. The van der Waals surface area contributed by atoms with Crippen LogP contribution in [0.2, 0.25) is 0 Å². The summed E-state index contributed by atoms with van der Waals surface area (Å²) in [5.74, 6) is 0.477. The Hall–Kier alpha value is -2.89. The van der Waals surface area contributed by atoms with Crippen molar-refractivity contribution in [3.8, 4) is 6.07 Å². The fraction of sp³-hybridized carbons (Fsp3) is 0.360. The van der Waals surface area contributed by atoms with Gasteiger partial charge in [-0.2, -0.15) is 5.26 Å². The molecule has 172 valence electrons. The minimum Gasteiger partial charge on any atom is -0.371 e. The Morgan fingerprint density at radius 1 is 1.24 bits per heavy atom. The smallest absolute Gasteiger partial charge is 0.270 e. The van der Waals surface area contributed by atoms with Crippen molar-refractivity contribution >= 4 is 46.1 Å². The fourth-order valence-corrected chi connectivity index (χ4v) is 5.24. The van der Waals surface area contributed by atoms with Gasteiger partial charge in [0.15, 0.2) is 0 Å². The third-order valence-electron chi connectivity index (χ3n) is 5.87. The van der Waals surface area contributed by atoms with Gasteiger partial charge in [0.2, 0.25) is 0 Å². The van der Waals surface area contributed by atoms with Crippen LogP contribution in [0.25, 0.3) is 6.08 Å². The van der Waals surface area contributed by atoms with E-state index in [0.29, 0.717) is 39.3 Å². The molecule has 1 saturated heterocycles. The molecule has 3 rings (SSSR count). The van der Waals surface area contributed by atoms with Crippen LogP contribution in [0, 0.1) is 18.3 Å². The first kappa shape index (κ1) is 24.7. The zero-order valence-corrected chi connectivity index (χ0v) is 21.0. The molecule has 1 unspecified atom stereocenters. The minimum atomic E-state index is -0.330. The molecule has 33 heavy (non-hydrogen) atoms. The van der Waals surface area contributed by atoms with E-state index < -0.39 is 0 Å². The van der Waals surface area contributed by atoms with Crippen LogP contribution in [0.3, 0.4) is 0 Å². The number of nitriles is 1. The number of thioether (sulfide) groups is 1. The molecule has 6 nitrogen and oxygen atoms in total. The number of aromatic nitrogens is 1. The molecule has 1 aromatic heterocycles. The van der Waals surface area contributed by atoms with Gasteiger partial charge in [-0.15, -0.1) is 0 Å². The van der Waals surface area contributed by atoms with Crippen LogP contribution < -0.4 is 10.9 Å². The molecule has 1 amide bonds. The quantitative estimate of drug-likeness (QED) is 0.436. The molecule has 1 N–H and O–H groups in total. The van der Waals surface area contributed by atoms with Crippen LogP contribution >= 0.6 is 24.0 Å². The van der Waals surface area contributed by atoms with Crippen molar-refractivity contribution in [2.75, 3.05) is 11.9 Å². The molecule has 0 spiro atoms. The van der Waals surface area contributed by atoms with Gasteiger partial charge in [0.05, 0.1) is 4.91 Å². The van der Waals surface area contributed by atoms with Crippen LogP contribution in [0.5, 0.6) is 0 Å². The van der Waals surface area contributed by atoms with Crippen LogP contribution in [-0.2, 0) is 17.8 Å². The third-order valence-corrected chi connectivity index (χ3v) is 7.20. The first-order valence-corrected chi connectivity index (χ1v) is 12.3. The lowest BCUT2D eigenvalue weighted by molar-refractivity contribution is -0.123. The molecule has 1 aliphatic rings. The lowest BCUT2D eigenvalue weighted by Gasteiger charge is -2.21. The van der Waals surface area contributed by atoms with Crippen molar-refractivity contribution in [3.63, 3.8) is 0 Å². The van der Waals surface area contributed by atoms with Crippen LogP contribution in [0.15, 0.2) is 40.0 Å². The van der Waals surface area contributed by atoms with E-state index in [1.165, 1.54) is 17.3 Å². The molecule has 0 saturated carbocycles. The Kier molecular flexibility index (Phi) is 8.11. The molecular formula is C25H28N4O2S2. The van der Waals surface area contributed by atoms with Crippen molar-refractivity contribution in [2.45, 2.75) is 53.1 Å². The molecule has 1 atom stereocenters. The topological polar surface area (TPSA) is 78.1 Å². The summed E-state index contributed by atoms with van der Waals surface area (Å²) in [7, 11) is 0. The summed E-state index contributed by atoms with van der Waals surface area (Å²) in [5, 5.41) is 13.1.